The van der Waals surface area contributed by atoms with E-state index < -0.39 is 0 Å². The number of rotatable bonds is 6. The molecule has 0 spiro atoms. The molecule has 0 atom stereocenters. The Morgan fingerprint density at radius 3 is 2.13 bits per heavy atom. The van der Waals surface area contributed by atoms with Gasteiger partial charge in [0.05, 0.1) is 11.4 Å². The molecule has 0 amide bonds. The maximum atomic E-state index is 12.0. The van der Waals surface area contributed by atoms with Crippen molar-refractivity contribution in [1.29, 1.82) is 0 Å². The third-order valence-electron chi connectivity index (χ3n) is 10.0. The Labute approximate surface area is 338 Å². The van der Waals surface area contributed by atoms with Crippen LogP contribution in [0.2, 0.25) is 0 Å². The number of phenolic OH excluding ortho intramolecular Hbond substituents is 1. The smallest absolute Gasteiger partial charge is 0.136 e. The van der Waals surface area contributed by atoms with Crippen LogP contribution < -0.4 is 4.90 Å². The van der Waals surface area contributed by atoms with Crippen LogP contribution in [0.1, 0.15) is 52.7 Å². The Bertz CT molecular complexity index is 2650. The van der Waals surface area contributed by atoms with E-state index in [1.165, 1.54) is 0 Å². The zero-order valence-corrected chi connectivity index (χ0v) is 34.2. The number of aromatic nitrogens is 3. The fourth-order valence-corrected chi connectivity index (χ4v) is 7.04. The van der Waals surface area contributed by atoms with Gasteiger partial charge in [0.25, 0.3) is 0 Å². The molecule has 1 N–H and O–H groups in total. The van der Waals surface area contributed by atoms with Crippen LogP contribution in [0.15, 0.2) is 146 Å². The van der Waals surface area contributed by atoms with Gasteiger partial charge in [0, 0.05) is 66.9 Å². The van der Waals surface area contributed by atoms with Crippen molar-refractivity contribution >= 4 is 38.7 Å². The number of hydrogen-bond acceptors (Lipinski definition) is 5. The van der Waals surface area contributed by atoms with Gasteiger partial charge in [-0.3, -0.25) is 9.97 Å². The average molecular weight is 899 g/mol. The van der Waals surface area contributed by atoms with E-state index in [4.69, 9.17) is 9.97 Å². The second kappa shape index (κ2) is 14.9. The standard InChI is InChI=1S/C49H43N4O.Pt/c1-48(2,3)38-28-41(47(54)42(29-38)49(4,5)6)44-26-36(32-14-8-7-9-15-32)25-43(52-44)34-18-12-19-39(24-34)53(45-21-13-17-33-16-10-11-20-40(33)45)46-27-37-30-50-23-22-35(37)31-51-46;/h7-23,25-31,54H,1-6H3;/q-1;. The number of phenols is 1. The molecular weight excluding hydrogens is 856 g/mol. The Balaban J connectivity index is 0.00000465. The van der Waals surface area contributed by atoms with Gasteiger partial charge < -0.3 is 10.0 Å². The molecule has 3 aromatic heterocycles. The van der Waals surface area contributed by atoms with Crippen molar-refractivity contribution in [1.82, 2.24) is 15.0 Å². The second-order valence-corrected chi connectivity index (χ2v) is 16.0. The molecule has 5 nitrogen and oxygen atoms in total. The number of aromatic hydroxyl groups is 1. The first kappa shape index (κ1) is 37.7. The number of hydrogen-bond donors (Lipinski definition) is 1. The summed E-state index contributed by atoms with van der Waals surface area (Å²) in [5, 5.41) is 16.2. The van der Waals surface area contributed by atoms with Crippen molar-refractivity contribution in [3.05, 3.63) is 163 Å². The van der Waals surface area contributed by atoms with Crippen LogP contribution >= 0.6 is 0 Å². The SMILES string of the molecule is CC(C)(C)c1cc(-c2cc(-c3ccccc3)cc(-c3[c-]c(N(c4cc5cnccc5cn4)c4cccc5ccccc45)ccc3)n2)c(O)c(C(C)(C)C)c1.[Pt]. The fourth-order valence-electron chi connectivity index (χ4n) is 7.04. The van der Waals surface area contributed by atoms with Crippen LogP contribution in [0.3, 0.4) is 0 Å². The van der Waals surface area contributed by atoms with Gasteiger partial charge in [-0.2, -0.15) is 0 Å². The summed E-state index contributed by atoms with van der Waals surface area (Å²) >= 11 is 0. The molecule has 0 saturated carbocycles. The maximum Gasteiger partial charge on any atom is 0.136 e. The van der Waals surface area contributed by atoms with Gasteiger partial charge in [0.1, 0.15) is 11.6 Å². The van der Waals surface area contributed by atoms with Crippen LogP contribution in [0, 0.1) is 6.07 Å². The molecule has 5 aromatic carbocycles. The van der Waals surface area contributed by atoms with E-state index >= 15 is 0 Å². The molecule has 8 aromatic rings. The normalized spacial score (nSPS) is 11.7. The Morgan fingerprint density at radius 2 is 1.35 bits per heavy atom. The van der Waals surface area contributed by atoms with E-state index in [9.17, 15) is 5.11 Å². The van der Waals surface area contributed by atoms with E-state index in [0.717, 1.165) is 72.2 Å². The summed E-state index contributed by atoms with van der Waals surface area (Å²) in [4.78, 5) is 16.8. The second-order valence-electron chi connectivity index (χ2n) is 16.0. The number of fused-ring (bicyclic) bond motifs is 2. The topological polar surface area (TPSA) is 62.1 Å². The van der Waals surface area contributed by atoms with Gasteiger partial charge in [-0.1, -0.05) is 120 Å². The summed E-state index contributed by atoms with van der Waals surface area (Å²) in [5.41, 5.74) is 8.49. The van der Waals surface area contributed by atoms with Gasteiger partial charge in [-0.15, -0.1) is 29.8 Å². The molecule has 276 valence electrons. The van der Waals surface area contributed by atoms with Gasteiger partial charge in [0.15, 0.2) is 0 Å². The number of benzene rings is 5. The zero-order chi connectivity index (χ0) is 37.6. The zero-order valence-electron chi connectivity index (χ0n) is 31.9. The van der Waals surface area contributed by atoms with E-state index in [1.807, 2.05) is 42.7 Å². The average Bonchev–Trinajstić information content (AvgIpc) is 3.17. The third kappa shape index (κ3) is 7.55. The summed E-state index contributed by atoms with van der Waals surface area (Å²) in [7, 11) is 0. The first-order valence-electron chi connectivity index (χ1n) is 18.4. The summed E-state index contributed by atoms with van der Waals surface area (Å²) < 4.78 is 0. The van der Waals surface area contributed by atoms with Gasteiger partial charge >= 0.3 is 0 Å². The Kier molecular flexibility index (Phi) is 10.2. The van der Waals surface area contributed by atoms with E-state index in [1.54, 1.807) is 6.20 Å². The monoisotopic (exact) mass is 898 g/mol. The predicted molar refractivity (Wildman–Crippen MR) is 224 cm³/mol. The third-order valence-corrected chi connectivity index (χ3v) is 10.0. The van der Waals surface area contributed by atoms with Gasteiger partial charge in [0.2, 0.25) is 0 Å². The van der Waals surface area contributed by atoms with Crippen molar-refractivity contribution < 1.29 is 26.2 Å². The van der Waals surface area contributed by atoms with Crippen molar-refractivity contribution in [2.45, 2.75) is 52.4 Å². The molecule has 6 heteroatoms. The van der Waals surface area contributed by atoms with Crippen molar-refractivity contribution in [3.8, 4) is 39.4 Å². The van der Waals surface area contributed by atoms with E-state index in [2.05, 4.69) is 155 Å². The molecule has 3 heterocycles. The van der Waals surface area contributed by atoms with Crippen LogP contribution in [0.5, 0.6) is 5.75 Å². The molecule has 0 aliphatic heterocycles. The first-order valence-corrected chi connectivity index (χ1v) is 18.4. The Hall–Kier alpha value is -5.64. The molecule has 0 fully saturated rings. The maximum absolute atomic E-state index is 12.0. The molecule has 0 radical (unpaired) electrons. The molecule has 8 rings (SSSR count). The summed E-state index contributed by atoms with van der Waals surface area (Å²) in [6.07, 6.45) is 5.56. The minimum absolute atomic E-state index is 0. The summed E-state index contributed by atoms with van der Waals surface area (Å²) in [6.45, 7) is 13.0. The summed E-state index contributed by atoms with van der Waals surface area (Å²) in [5.74, 6) is 1.02. The minimum Gasteiger partial charge on any atom is -0.507 e. The number of anilines is 3. The largest absolute Gasteiger partial charge is 0.507 e. The van der Waals surface area contributed by atoms with Gasteiger partial charge in [-0.25, -0.2) is 4.98 Å². The van der Waals surface area contributed by atoms with Crippen molar-refractivity contribution in [2.75, 3.05) is 4.90 Å². The molecule has 0 aliphatic carbocycles. The number of nitrogens with zero attached hydrogens (tertiary/aromatic N) is 4. The van der Waals surface area contributed by atoms with Gasteiger partial charge in [-0.05, 0) is 74.6 Å². The number of pyridine rings is 3. The summed E-state index contributed by atoms with van der Waals surface area (Å²) in [6, 6.07) is 47.5. The minimum atomic E-state index is -0.278. The Morgan fingerprint density at radius 1 is 0.618 bits per heavy atom. The van der Waals surface area contributed by atoms with Crippen molar-refractivity contribution in [3.63, 3.8) is 0 Å². The van der Waals surface area contributed by atoms with E-state index in [-0.39, 0.29) is 37.6 Å². The quantitative estimate of drug-likeness (QED) is 0.169. The molecule has 0 aliphatic rings. The molecule has 0 unspecified atom stereocenters. The first-order chi connectivity index (χ1) is 25.9. The van der Waals surface area contributed by atoms with Crippen LogP contribution in [-0.2, 0) is 31.9 Å². The van der Waals surface area contributed by atoms with Crippen LogP contribution in [0.25, 0.3) is 55.2 Å². The van der Waals surface area contributed by atoms with Crippen LogP contribution in [-0.4, -0.2) is 20.1 Å². The van der Waals surface area contributed by atoms with E-state index in [0.29, 0.717) is 11.3 Å². The molecule has 0 bridgehead atoms. The predicted octanol–water partition coefficient (Wildman–Crippen LogP) is 12.7. The fraction of sp³-hybridized carbons (Fsp3) is 0.163. The van der Waals surface area contributed by atoms with Crippen molar-refractivity contribution in [2.24, 2.45) is 0 Å². The molecular formula is C49H43N4OPt-. The molecule has 0 saturated heterocycles. The molecule has 55 heavy (non-hydrogen) atoms. The van der Waals surface area contributed by atoms with Crippen LogP contribution in [0.4, 0.5) is 17.2 Å².